The van der Waals surface area contributed by atoms with Gasteiger partial charge in [0.1, 0.15) is 6.61 Å². The number of rotatable bonds is 9. The first kappa shape index (κ1) is 21.3. The molecule has 1 unspecified atom stereocenters. The molecule has 0 radical (unpaired) electrons. The zero-order chi connectivity index (χ0) is 19.9. The quantitative estimate of drug-likeness (QED) is 0.642. The second kappa shape index (κ2) is 9.80. The van der Waals surface area contributed by atoms with E-state index in [2.05, 4.69) is 68.8 Å². The monoisotopic (exact) mass is 369 g/mol. The van der Waals surface area contributed by atoms with Crippen LogP contribution in [-0.4, -0.2) is 30.6 Å². The summed E-state index contributed by atoms with van der Waals surface area (Å²) in [4.78, 5) is 2.24. The van der Waals surface area contributed by atoms with Gasteiger partial charge in [-0.1, -0.05) is 32.0 Å². The number of hydrogen-bond acceptors (Lipinski definition) is 4. The Labute approximate surface area is 165 Å². The third-order valence-corrected chi connectivity index (χ3v) is 6.00. The molecule has 4 nitrogen and oxygen atoms in total. The lowest BCUT2D eigenvalue weighted by Crippen LogP contribution is -2.45. The molecule has 1 aromatic rings. The number of nitriles is 1. The summed E-state index contributed by atoms with van der Waals surface area (Å²) in [6.07, 6.45) is 3.80. The van der Waals surface area contributed by atoms with Gasteiger partial charge in [-0.2, -0.15) is 5.26 Å². The summed E-state index contributed by atoms with van der Waals surface area (Å²) in [5, 5.41) is 12.7. The first-order valence-corrected chi connectivity index (χ1v) is 10.1. The maximum Gasteiger partial charge on any atom is 0.182 e. The van der Waals surface area contributed by atoms with Crippen LogP contribution in [0.25, 0.3) is 0 Å². The number of piperidine rings is 1. The largest absolute Gasteiger partial charge is 0.475 e. The molecule has 0 bridgehead atoms. The number of nitrogens with zero attached hydrogens (tertiary/aromatic N) is 2. The highest BCUT2D eigenvalue weighted by Gasteiger charge is 2.25. The highest BCUT2D eigenvalue weighted by atomic mass is 16.5. The molecular weight excluding hydrogens is 334 g/mol. The Bertz CT molecular complexity index is 671. The standard InChI is InChI=1S/C23H35N3O/c1-6-23(5,11-12-24)17-25-22-9-13-26(14-10-22)20(4)27-16-21-8-7-18(2)19(3)15-21/h7-8,15,22,25H,4,6,9-11,13-14,16-17H2,1-3,5H3. The average molecular weight is 370 g/mol. The Balaban J connectivity index is 1.73. The van der Waals surface area contributed by atoms with Crippen LogP contribution in [0.15, 0.2) is 30.7 Å². The number of aryl methyl sites for hydroxylation is 2. The molecule has 0 saturated carbocycles. The van der Waals surface area contributed by atoms with E-state index in [0.717, 1.165) is 44.8 Å². The third-order valence-electron chi connectivity index (χ3n) is 6.00. The van der Waals surface area contributed by atoms with Crippen molar-refractivity contribution in [1.82, 2.24) is 10.2 Å². The fourth-order valence-corrected chi connectivity index (χ4v) is 3.38. The summed E-state index contributed by atoms with van der Waals surface area (Å²) >= 11 is 0. The van der Waals surface area contributed by atoms with Gasteiger partial charge >= 0.3 is 0 Å². The van der Waals surface area contributed by atoms with Crippen molar-refractivity contribution in [2.75, 3.05) is 19.6 Å². The highest BCUT2D eigenvalue weighted by Crippen LogP contribution is 2.25. The van der Waals surface area contributed by atoms with Crippen LogP contribution < -0.4 is 5.32 Å². The molecule has 0 aliphatic carbocycles. The fraction of sp³-hybridized carbons (Fsp3) is 0.609. The summed E-state index contributed by atoms with van der Waals surface area (Å²) in [6, 6.07) is 9.29. The molecule has 1 fully saturated rings. The van der Waals surface area contributed by atoms with Gasteiger partial charge in [-0.3, -0.25) is 0 Å². The zero-order valence-corrected chi connectivity index (χ0v) is 17.5. The molecule has 4 heteroatoms. The fourth-order valence-electron chi connectivity index (χ4n) is 3.38. The van der Waals surface area contributed by atoms with Crippen LogP contribution in [-0.2, 0) is 11.3 Å². The van der Waals surface area contributed by atoms with Crippen LogP contribution in [0.5, 0.6) is 0 Å². The van der Waals surface area contributed by atoms with Crippen LogP contribution >= 0.6 is 0 Å². The summed E-state index contributed by atoms with van der Waals surface area (Å²) in [7, 11) is 0. The number of likely N-dealkylation sites (tertiary alicyclic amines) is 1. The first-order valence-electron chi connectivity index (χ1n) is 10.1. The van der Waals surface area contributed by atoms with E-state index >= 15 is 0 Å². The first-order chi connectivity index (χ1) is 12.9. The molecule has 1 aliphatic heterocycles. The average Bonchev–Trinajstić information content (AvgIpc) is 2.67. The molecule has 27 heavy (non-hydrogen) atoms. The molecule has 0 aromatic heterocycles. The Morgan fingerprint density at radius 3 is 2.63 bits per heavy atom. The normalized spacial score (nSPS) is 17.2. The Kier molecular flexibility index (Phi) is 7.74. The molecule has 1 aliphatic rings. The maximum atomic E-state index is 9.02. The maximum absolute atomic E-state index is 9.02. The SMILES string of the molecule is C=C(OCc1ccc(C)c(C)c1)N1CCC(NCC(C)(CC)CC#N)CC1. The van der Waals surface area contributed by atoms with Crippen molar-refractivity contribution in [2.45, 2.75) is 66.0 Å². The molecule has 1 saturated heterocycles. The minimum absolute atomic E-state index is 0.0742. The van der Waals surface area contributed by atoms with Crippen molar-refractivity contribution in [2.24, 2.45) is 5.41 Å². The van der Waals surface area contributed by atoms with Gasteiger partial charge in [0, 0.05) is 32.1 Å². The number of ether oxygens (including phenoxy) is 1. The van der Waals surface area contributed by atoms with Gasteiger partial charge in [-0.05, 0) is 61.8 Å². The number of nitrogens with one attached hydrogen (secondary N) is 1. The zero-order valence-electron chi connectivity index (χ0n) is 17.5. The minimum Gasteiger partial charge on any atom is -0.475 e. The summed E-state index contributed by atoms with van der Waals surface area (Å²) < 4.78 is 5.94. The topological polar surface area (TPSA) is 48.3 Å². The van der Waals surface area contributed by atoms with Crippen LogP contribution in [0.4, 0.5) is 0 Å². The predicted octanol–water partition coefficient (Wildman–Crippen LogP) is 4.68. The van der Waals surface area contributed by atoms with Gasteiger partial charge in [-0.25, -0.2) is 0 Å². The lowest BCUT2D eigenvalue weighted by Gasteiger charge is -2.36. The van der Waals surface area contributed by atoms with Crippen LogP contribution in [0.3, 0.4) is 0 Å². The van der Waals surface area contributed by atoms with Crippen LogP contribution in [0, 0.1) is 30.6 Å². The second-order valence-corrected chi connectivity index (χ2v) is 8.24. The Hall–Kier alpha value is -1.99. The van der Waals surface area contributed by atoms with Crippen molar-refractivity contribution in [3.8, 4) is 6.07 Å². The van der Waals surface area contributed by atoms with Gasteiger partial charge in [0.15, 0.2) is 5.88 Å². The van der Waals surface area contributed by atoms with Gasteiger partial charge < -0.3 is 15.0 Å². The number of hydrogen-bond donors (Lipinski definition) is 1. The van der Waals surface area contributed by atoms with E-state index in [1.807, 2.05) is 0 Å². The van der Waals surface area contributed by atoms with Crippen molar-refractivity contribution >= 4 is 0 Å². The van der Waals surface area contributed by atoms with Crippen molar-refractivity contribution < 1.29 is 4.74 Å². The molecule has 2 rings (SSSR count). The van der Waals surface area contributed by atoms with Gasteiger partial charge in [0.2, 0.25) is 0 Å². The predicted molar refractivity (Wildman–Crippen MR) is 111 cm³/mol. The van der Waals surface area contributed by atoms with E-state index in [1.165, 1.54) is 16.7 Å². The summed E-state index contributed by atoms with van der Waals surface area (Å²) in [5.74, 6) is 0.773. The number of benzene rings is 1. The second-order valence-electron chi connectivity index (χ2n) is 8.24. The van der Waals surface area contributed by atoms with Crippen LogP contribution in [0.2, 0.25) is 0 Å². The summed E-state index contributed by atoms with van der Waals surface area (Å²) in [6.45, 7) is 16.1. The Morgan fingerprint density at radius 1 is 1.33 bits per heavy atom. The third kappa shape index (κ3) is 6.29. The molecule has 0 spiro atoms. The lowest BCUT2D eigenvalue weighted by atomic mass is 9.84. The Morgan fingerprint density at radius 2 is 2.04 bits per heavy atom. The van der Waals surface area contributed by atoms with E-state index in [-0.39, 0.29) is 5.41 Å². The summed E-state index contributed by atoms with van der Waals surface area (Å²) in [5.41, 5.74) is 3.86. The molecule has 1 heterocycles. The van der Waals surface area contributed by atoms with Gasteiger partial charge in [-0.15, -0.1) is 0 Å². The van der Waals surface area contributed by atoms with E-state index in [1.54, 1.807) is 0 Å². The van der Waals surface area contributed by atoms with Gasteiger partial charge in [0.05, 0.1) is 6.07 Å². The molecule has 1 aromatic carbocycles. The van der Waals surface area contributed by atoms with E-state index in [9.17, 15) is 0 Å². The lowest BCUT2D eigenvalue weighted by molar-refractivity contribution is 0.0836. The van der Waals surface area contributed by atoms with E-state index in [4.69, 9.17) is 10.00 Å². The van der Waals surface area contributed by atoms with Crippen molar-refractivity contribution in [1.29, 1.82) is 5.26 Å². The molecule has 148 valence electrons. The molecule has 1 N–H and O–H groups in total. The van der Waals surface area contributed by atoms with Crippen molar-refractivity contribution in [3.63, 3.8) is 0 Å². The molecular formula is C23H35N3O. The van der Waals surface area contributed by atoms with Crippen molar-refractivity contribution in [3.05, 3.63) is 47.4 Å². The minimum atomic E-state index is 0.0742. The molecule has 0 amide bonds. The van der Waals surface area contributed by atoms with E-state index < -0.39 is 0 Å². The smallest absolute Gasteiger partial charge is 0.182 e. The van der Waals surface area contributed by atoms with E-state index in [0.29, 0.717) is 19.1 Å². The van der Waals surface area contributed by atoms with Gasteiger partial charge in [0.25, 0.3) is 0 Å². The molecule has 1 atom stereocenters. The van der Waals surface area contributed by atoms with Crippen LogP contribution in [0.1, 0.15) is 56.2 Å². The highest BCUT2D eigenvalue weighted by molar-refractivity contribution is 5.29.